The van der Waals surface area contributed by atoms with E-state index >= 15 is 0 Å². The van der Waals surface area contributed by atoms with Gasteiger partial charge in [-0.3, -0.25) is 4.79 Å². The zero-order chi connectivity index (χ0) is 16.1. The van der Waals surface area contributed by atoms with Crippen LogP contribution >= 0.6 is 0 Å². The highest BCUT2D eigenvalue weighted by molar-refractivity contribution is 7.91. The van der Waals surface area contributed by atoms with E-state index in [9.17, 15) is 13.2 Å². The summed E-state index contributed by atoms with van der Waals surface area (Å²) in [5.74, 6) is -1.96. The van der Waals surface area contributed by atoms with Crippen molar-refractivity contribution in [1.82, 2.24) is 0 Å². The molecular formula is C16H32O4S. The van der Waals surface area contributed by atoms with Crippen molar-refractivity contribution in [2.24, 2.45) is 5.92 Å². The summed E-state index contributed by atoms with van der Waals surface area (Å²) in [6.07, 6.45) is 11.6. The van der Waals surface area contributed by atoms with Crippen LogP contribution < -0.4 is 0 Å². The molecule has 0 bridgehead atoms. The number of rotatable bonds is 14. The zero-order valence-electron chi connectivity index (χ0n) is 13.6. The smallest absolute Gasteiger partial charge is 0.307 e. The summed E-state index contributed by atoms with van der Waals surface area (Å²) in [6, 6.07) is 0. The van der Waals surface area contributed by atoms with Crippen LogP contribution in [-0.2, 0) is 14.6 Å². The molecule has 1 unspecified atom stereocenters. The molecule has 0 rings (SSSR count). The Balaban J connectivity index is 3.51. The van der Waals surface area contributed by atoms with Gasteiger partial charge in [0.25, 0.3) is 0 Å². The van der Waals surface area contributed by atoms with Gasteiger partial charge >= 0.3 is 5.97 Å². The maximum Gasteiger partial charge on any atom is 0.307 e. The first-order valence-electron chi connectivity index (χ1n) is 8.32. The molecule has 1 N–H and O–H groups in total. The molecule has 1 atom stereocenters. The van der Waals surface area contributed by atoms with E-state index < -0.39 is 21.7 Å². The Morgan fingerprint density at radius 1 is 0.905 bits per heavy atom. The van der Waals surface area contributed by atoms with Gasteiger partial charge in [-0.05, 0) is 6.42 Å². The van der Waals surface area contributed by atoms with E-state index in [4.69, 9.17) is 5.11 Å². The summed E-state index contributed by atoms with van der Waals surface area (Å²) < 4.78 is 23.4. The molecule has 5 heteroatoms. The molecule has 0 aliphatic heterocycles. The van der Waals surface area contributed by atoms with Crippen LogP contribution in [-0.4, -0.2) is 31.0 Å². The quantitative estimate of drug-likeness (QED) is 0.490. The number of hydrogen-bond donors (Lipinski definition) is 1. The minimum absolute atomic E-state index is 0.126. The van der Waals surface area contributed by atoms with Crippen LogP contribution in [0, 0.1) is 5.92 Å². The molecule has 126 valence electrons. The first-order valence-corrected chi connectivity index (χ1v) is 10.1. The normalized spacial score (nSPS) is 13.2. The Kier molecular flexibility index (Phi) is 11.7. The summed E-state index contributed by atoms with van der Waals surface area (Å²) in [4.78, 5) is 10.7. The van der Waals surface area contributed by atoms with Gasteiger partial charge in [0.15, 0.2) is 9.84 Å². The number of carboxylic acids is 1. The van der Waals surface area contributed by atoms with Gasteiger partial charge in [-0.15, -0.1) is 0 Å². The SMILES string of the molecule is CCCCCCCCCCCCS(=O)(=O)CC(C)C(=O)O. The van der Waals surface area contributed by atoms with Crippen molar-refractivity contribution in [2.75, 3.05) is 11.5 Å². The van der Waals surface area contributed by atoms with Crippen molar-refractivity contribution in [3.63, 3.8) is 0 Å². The predicted molar refractivity (Wildman–Crippen MR) is 87.3 cm³/mol. The molecule has 0 aromatic heterocycles. The van der Waals surface area contributed by atoms with Gasteiger partial charge in [0.05, 0.1) is 17.4 Å². The lowest BCUT2D eigenvalue weighted by atomic mass is 10.1. The number of aliphatic carboxylic acids is 1. The summed E-state index contributed by atoms with van der Waals surface area (Å²) in [5.41, 5.74) is 0. The van der Waals surface area contributed by atoms with Crippen LogP contribution in [0.4, 0.5) is 0 Å². The van der Waals surface area contributed by atoms with Crippen molar-refractivity contribution in [2.45, 2.75) is 78.1 Å². The second kappa shape index (κ2) is 12.0. The number of carboxylic acid groups (broad SMARTS) is 1. The highest BCUT2D eigenvalue weighted by Gasteiger charge is 2.20. The van der Waals surface area contributed by atoms with Crippen molar-refractivity contribution < 1.29 is 18.3 Å². The van der Waals surface area contributed by atoms with Crippen LogP contribution in [0.25, 0.3) is 0 Å². The molecule has 0 fully saturated rings. The topological polar surface area (TPSA) is 71.4 Å². The Labute approximate surface area is 130 Å². The first-order chi connectivity index (χ1) is 9.89. The van der Waals surface area contributed by atoms with E-state index in [1.165, 1.54) is 51.9 Å². The molecule has 0 saturated carbocycles. The molecule has 0 aromatic carbocycles. The summed E-state index contributed by atoms with van der Waals surface area (Å²) in [5, 5.41) is 8.73. The Hall–Kier alpha value is -0.580. The summed E-state index contributed by atoms with van der Waals surface area (Å²) in [6.45, 7) is 3.66. The van der Waals surface area contributed by atoms with E-state index in [0.717, 1.165) is 12.8 Å². The lowest BCUT2D eigenvalue weighted by Gasteiger charge is -2.07. The molecule has 0 heterocycles. The van der Waals surface area contributed by atoms with Gasteiger partial charge in [-0.2, -0.15) is 0 Å². The summed E-state index contributed by atoms with van der Waals surface area (Å²) in [7, 11) is -3.21. The third-order valence-corrected chi connectivity index (χ3v) is 5.65. The largest absolute Gasteiger partial charge is 0.481 e. The van der Waals surface area contributed by atoms with Crippen LogP contribution in [0.1, 0.15) is 78.1 Å². The number of unbranched alkanes of at least 4 members (excludes halogenated alkanes) is 9. The van der Waals surface area contributed by atoms with Crippen LogP contribution in [0.5, 0.6) is 0 Å². The second-order valence-corrected chi connectivity index (χ2v) is 8.26. The number of carbonyl (C=O) groups is 1. The lowest BCUT2D eigenvalue weighted by molar-refractivity contribution is -0.140. The van der Waals surface area contributed by atoms with Gasteiger partial charge in [-0.1, -0.05) is 71.6 Å². The van der Waals surface area contributed by atoms with Crippen molar-refractivity contribution in [3.8, 4) is 0 Å². The van der Waals surface area contributed by atoms with Crippen molar-refractivity contribution >= 4 is 15.8 Å². The molecule has 21 heavy (non-hydrogen) atoms. The lowest BCUT2D eigenvalue weighted by Crippen LogP contribution is -2.22. The molecule has 0 aliphatic rings. The first kappa shape index (κ1) is 20.4. The minimum atomic E-state index is -3.21. The van der Waals surface area contributed by atoms with Gasteiger partial charge in [-0.25, -0.2) is 8.42 Å². The Bertz CT molecular complexity index is 362. The zero-order valence-corrected chi connectivity index (χ0v) is 14.5. The van der Waals surface area contributed by atoms with Gasteiger partial charge in [0, 0.05) is 0 Å². The fourth-order valence-electron chi connectivity index (χ4n) is 2.34. The average Bonchev–Trinajstić information content (AvgIpc) is 2.40. The highest BCUT2D eigenvalue weighted by atomic mass is 32.2. The Morgan fingerprint density at radius 2 is 1.33 bits per heavy atom. The van der Waals surface area contributed by atoms with Crippen LogP contribution in [0.2, 0.25) is 0 Å². The van der Waals surface area contributed by atoms with Gasteiger partial charge in [0.1, 0.15) is 0 Å². The van der Waals surface area contributed by atoms with Gasteiger partial charge in [0.2, 0.25) is 0 Å². The molecule has 0 radical (unpaired) electrons. The third-order valence-electron chi connectivity index (χ3n) is 3.73. The summed E-state index contributed by atoms with van der Waals surface area (Å²) >= 11 is 0. The molecule has 0 amide bonds. The molecule has 0 aliphatic carbocycles. The highest BCUT2D eigenvalue weighted by Crippen LogP contribution is 2.12. The van der Waals surface area contributed by atoms with Crippen LogP contribution in [0.3, 0.4) is 0 Å². The third kappa shape index (κ3) is 12.8. The fraction of sp³-hybridized carbons (Fsp3) is 0.938. The molecule has 0 spiro atoms. The monoisotopic (exact) mass is 320 g/mol. The van der Waals surface area contributed by atoms with Gasteiger partial charge < -0.3 is 5.11 Å². The van der Waals surface area contributed by atoms with Crippen molar-refractivity contribution in [3.05, 3.63) is 0 Å². The maximum atomic E-state index is 11.7. The fourth-order valence-corrected chi connectivity index (χ4v) is 4.06. The number of sulfone groups is 1. The minimum Gasteiger partial charge on any atom is -0.481 e. The molecule has 0 aromatic rings. The van der Waals surface area contributed by atoms with E-state index in [0.29, 0.717) is 6.42 Å². The molecule has 4 nitrogen and oxygen atoms in total. The predicted octanol–water partition coefficient (Wildman–Crippen LogP) is 4.04. The van der Waals surface area contributed by atoms with E-state index in [2.05, 4.69) is 6.92 Å². The van der Waals surface area contributed by atoms with Crippen molar-refractivity contribution in [1.29, 1.82) is 0 Å². The van der Waals surface area contributed by atoms with Crippen LogP contribution in [0.15, 0.2) is 0 Å². The molecular weight excluding hydrogens is 288 g/mol. The van der Waals surface area contributed by atoms with E-state index in [-0.39, 0.29) is 11.5 Å². The maximum absolute atomic E-state index is 11.7. The molecule has 0 saturated heterocycles. The van der Waals surface area contributed by atoms with E-state index in [1.54, 1.807) is 0 Å². The Morgan fingerprint density at radius 3 is 1.76 bits per heavy atom. The standard InChI is InChI=1S/C16H32O4S/c1-3-4-5-6-7-8-9-10-11-12-13-21(19,20)14-15(2)16(17)18/h15H,3-14H2,1-2H3,(H,17,18). The number of hydrogen-bond acceptors (Lipinski definition) is 3. The van der Waals surface area contributed by atoms with E-state index in [1.807, 2.05) is 0 Å². The average molecular weight is 320 g/mol. The second-order valence-electron chi connectivity index (χ2n) is 6.04.